The predicted molar refractivity (Wildman–Crippen MR) is 74.1 cm³/mol. The Labute approximate surface area is 122 Å². The largest absolute Gasteiger partial charge is 0.486 e. The van der Waals surface area contributed by atoms with E-state index in [1.807, 2.05) is 18.2 Å². The van der Waals surface area contributed by atoms with Gasteiger partial charge in [-0.1, -0.05) is 12.1 Å². The summed E-state index contributed by atoms with van der Waals surface area (Å²) in [7, 11) is 0. The summed E-state index contributed by atoms with van der Waals surface area (Å²) in [6.07, 6.45) is 0.174. The Balaban J connectivity index is 1.86. The van der Waals surface area contributed by atoms with E-state index in [4.69, 9.17) is 20.3 Å². The average molecular weight is 294 g/mol. The molecule has 4 N–H and O–H groups in total. The number of carbonyl (C=O) groups is 2. The van der Waals surface area contributed by atoms with Crippen LogP contribution in [0.1, 0.15) is 18.4 Å². The van der Waals surface area contributed by atoms with Crippen LogP contribution in [0.4, 0.5) is 0 Å². The molecule has 1 aromatic carbocycles. The van der Waals surface area contributed by atoms with E-state index in [0.717, 1.165) is 5.56 Å². The van der Waals surface area contributed by atoms with Crippen LogP contribution in [0.3, 0.4) is 0 Å². The van der Waals surface area contributed by atoms with Crippen molar-refractivity contribution in [3.63, 3.8) is 0 Å². The van der Waals surface area contributed by atoms with Gasteiger partial charge in [-0.15, -0.1) is 0 Å². The van der Waals surface area contributed by atoms with Crippen molar-refractivity contribution in [1.29, 1.82) is 0 Å². The number of fused-ring (bicyclic) bond motifs is 1. The highest BCUT2D eigenvalue weighted by atomic mass is 16.6. The zero-order valence-electron chi connectivity index (χ0n) is 11.5. The molecule has 0 fully saturated rings. The number of nitrogens with one attached hydrogen (secondary N) is 1. The number of carboxylic acids is 1. The maximum Gasteiger partial charge on any atom is 0.320 e. The van der Waals surface area contributed by atoms with Crippen molar-refractivity contribution >= 4 is 11.9 Å². The Bertz CT molecular complexity index is 532. The number of carboxylic acid groups (broad SMARTS) is 1. The van der Waals surface area contributed by atoms with Crippen molar-refractivity contribution in [3.8, 4) is 11.5 Å². The molecule has 0 saturated carbocycles. The second kappa shape index (κ2) is 6.94. The Morgan fingerprint density at radius 1 is 1.33 bits per heavy atom. The van der Waals surface area contributed by atoms with Crippen molar-refractivity contribution in [3.05, 3.63) is 23.8 Å². The molecular weight excluding hydrogens is 276 g/mol. The summed E-state index contributed by atoms with van der Waals surface area (Å²) in [6, 6.07) is 4.47. The quantitative estimate of drug-likeness (QED) is 0.694. The minimum Gasteiger partial charge on any atom is -0.486 e. The van der Waals surface area contributed by atoms with E-state index in [2.05, 4.69) is 5.32 Å². The highest BCUT2D eigenvalue weighted by Gasteiger charge is 2.17. The van der Waals surface area contributed by atoms with Crippen LogP contribution in [-0.2, 0) is 16.1 Å². The third-order valence-electron chi connectivity index (χ3n) is 3.12. The highest BCUT2D eigenvalue weighted by Crippen LogP contribution is 2.33. The maximum atomic E-state index is 11.7. The zero-order valence-corrected chi connectivity index (χ0v) is 11.5. The van der Waals surface area contributed by atoms with E-state index < -0.39 is 12.0 Å². The first-order chi connectivity index (χ1) is 10.1. The number of hydrogen-bond donors (Lipinski definition) is 3. The molecule has 0 saturated heterocycles. The zero-order chi connectivity index (χ0) is 15.2. The van der Waals surface area contributed by atoms with Gasteiger partial charge in [0, 0.05) is 18.5 Å². The van der Waals surface area contributed by atoms with Gasteiger partial charge in [-0.2, -0.15) is 0 Å². The van der Waals surface area contributed by atoms with Crippen LogP contribution in [0.25, 0.3) is 0 Å². The van der Waals surface area contributed by atoms with Gasteiger partial charge >= 0.3 is 5.97 Å². The normalized spacial score (nSPS) is 14.3. The lowest BCUT2D eigenvalue weighted by atomic mass is 10.1. The Morgan fingerprint density at radius 2 is 2.10 bits per heavy atom. The number of benzene rings is 1. The number of hydrogen-bond acceptors (Lipinski definition) is 5. The van der Waals surface area contributed by atoms with Crippen molar-refractivity contribution in [2.24, 2.45) is 5.73 Å². The van der Waals surface area contributed by atoms with E-state index in [0.29, 0.717) is 31.3 Å². The summed E-state index contributed by atoms with van der Waals surface area (Å²) in [5, 5.41) is 11.4. The van der Waals surface area contributed by atoms with Gasteiger partial charge < -0.3 is 25.6 Å². The van der Waals surface area contributed by atoms with Gasteiger partial charge in [0.05, 0.1) is 0 Å². The molecule has 1 heterocycles. The van der Waals surface area contributed by atoms with Crippen molar-refractivity contribution in [2.45, 2.75) is 25.4 Å². The number of ether oxygens (including phenoxy) is 2. The van der Waals surface area contributed by atoms with Gasteiger partial charge in [0.2, 0.25) is 5.91 Å². The third kappa shape index (κ3) is 4.09. The number of nitrogens with two attached hydrogens (primary N) is 1. The molecule has 2 rings (SSSR count). The van der Waals surface area contributed by atoms with E-state index in [1.165, 1.54) is 0 Å². The fourth-order valence-corrected chi connectivity index (χ4v) is 1.97. The van der Waals surface area contributed by atoms with Gasteiger partial charge in [0.1, 0.15) is 19.3 Å². The highest BCUT2D eigenvalue weighted by molar-refractivity contribution is 5.78. The van der Waals surface area contributed by atoms with Gasteiger partial charge in [-0.25, -0.2) is 0 Å². The Morgan fingerprint density at radius 3 is 2.86 bits per heavy atom. The molecule has 0 aromatic heterocycles. The second-order valence-corrected chi connectivity index (χ2v) is 4.70. The molecule has 1 atom stereocenters. The number of amides is 1. The van der Waals surface area contributed by atoms with Gasteiger partial charge in [-0.3, -0.25) is 9.59 Å². The molecule has 7 nitrogen and oxygen atoms in total. The molecule has 0 unspecified atom stereocenters. The van der Waals surface area contributed by atoms with Crippen LogP contribution < -0.4 is 20.5 Å². The molecule has 0 bridgehead atoms. The van der Waals surface area contributed by atoms with Crippen molar-refractivity contribution < 1.29 is 24.2 Å². The smallest absolute Gasteiger partial charge is 0.320 e. The lowest BCUT2D eigenvalue weighted by Gasteiger charge is -2.21. The van der Waals surface area contributed by atoms with Crippen LogP contribution in [0.5, 0.6) is 11.5 Å². The monoisotopic (exact) mass is 294 g/mol. The summed E-state index contributed by atoms with van der Waals surface area (Å²) >= 11 is 0. The molecule has 1 aliphatic heterocycles. The first-order valence-electron chi connectivity index (χ1n) is 6.70. The fraction of sp³-hybridized carbons (Fsp3) is 0.429. The topological polar surface area (TPSA) is 111 Å². The maximum absolute atomic E-state index is 11.7. The third-order valence-corrected chi connectivity index (χ3v) is 3.12. The Hall–Kier alpha value is -2.28. The molecule has 7 heteroatoms. The molecule has 1 aromatic rings. The van der Waals surface area contributed by atoms with E-state index in [1.54, 1.807) is 0 Å². The van der Waals surface area contributed by atoms with Crippen LogP contribution in [0.2, 0.25) is 0 Å². The molecular formula is C14H18N2O5. The van der Waals surface area contributed by atoms with Crippen LogP contribution in [0.15, 0.2) is 18.2 Å². The van der Waals surface area contributed by atoms with Gasteiger partial charge in [0.15, 0.2) is 11.5 Å². The molecule has 1 aliphatic rings. The van der Waals surface area contributed by atoms with Crippen molar-refractivity contribution in [1.82, 2.24) is 5.32 Å². The second-order valence-electron chi connectivity index (χ2n) is 4.70. The van der Waals surface area contributed by atoms with Crippen LogP contribution in [0, 0.1) is 0 Å². The van der Waals surface area contributed by atoms with Gasteiger partial charge in [0.25, 0.3) is 0 Å². The SMILES string of the molecule is N[C@@H](CCC(=O)NCc1cccc2c1OCCO2)C(=O)O. The lowest BCUT2D eigenvalue weighted by molar-refractivity contribution is -0.138. The average Bonchev–Trinajstić information content (AvgIpc) is 2.50. The number of aliphatic carboxylic acids is 1. The van der Waals surface area contributed by atoms with E-state index in [9.17, 15) is 9.59 Å². The summed E-state index contributed by atoms with van der Waals surface area (Å²) in [5.74, 6) is -0.0429. The fourth-order valence-electron chi connectivity index (χ4n) is 1.97. The Kier molecular flexibility index (Phi) is 4.99. The summed E-state index contributed by atoms with van der Waals surface area (Å²) in [4.78, 5) is 22.2. The van der Waals surface area contributed by atoms with E-state index in [-0.39, 0.29) is 18.7 Å². The van der Waals surface area contributed by atoms with Crippen LogP contribution in [-0.4, -0.2) is 36.2 Å². The van der Waals surface area contributed by atoms with Crippen LogP contribution >= 0.6 is 0 Å². The van der Waals surface area contributed by atoms with Gasteiger partial charge in [-0.05, 0) is 12.5 Å². The number of para-hydroxylation sites is 1. The molecule has 114 valence electrons. The molecule has 0 spiro atoms. The summed E-state index contributed by atoms with van der Waals surface area (Å²) in [5.41, 5.74) is 6.17. The first kappa shape index (κ1) is 15.1. The molecule has 0 aliphatic carbocycles. The summed E-state index contributed by atoms with van der Waals surface area (Å²) in [6.45, 7) is 1.29. The molecule has 0 radical (unpaired) electrons. The number of carbonyl (C=O) groups excluding carboxylic acids is 1. The lowest BCUT2D eigenvalue weighted by Crippen LogP contribution is -2.32. The van der Waals surface area contributed by atoms with Crippen molar-refractivity contribution in [2.75, 3.05) is 13.2 Å². The standard InChI is InChI=1S/C14H18N2O5/c15-10(14(18)19)4-5-12(17)16-8-9-2-1-3-11-13(9)21-7-6-20-11/h1-3,10H,4-8,15H2,(H,16,17)(H,18,19)/t10-/m0/s1. The minimum absolute atomic E-state index is 0.0693. The van der Waals surface area contributed by atoms with E-state index >= 15 is 0 Å². The first-order valence-corrected chi connectivity index (χ1v) is 6.70. The molecule has 1 amide bonds. The number of rotatable bonds is 6. The molecule has 21 heavy (non-hydrogen) atoms. The predicted octanol–water partition coefficient (Wildman–Crippen LogP) is 0.266. The minimum atomic E-state index is -1.11. The summed E-state index contributed by atoms with van der Waals surface area (Å²) < 4.78 is 11.0.